The van der Waals surface area contributed by atoms with E-state index >= 15 is 0 Å². The Bertz CT molecular complexity index is 684. The Labute approximate surface area is 140 Å². The minimum absolute atomic E-state index is 0.185. The van der Waals surface area contributed by atoms with E-state index in [1.54, 1.807) is 30.3 Å². The van der Waals surface area contributed by atoms with Gasteiger partial charge in [0.05, 0.1) is 0 Å². The number of nitrogens with zero attached hydrogens (tertiary/aromatic N) is 2. The third-order valence-electron chi connectivity index (χ3n) is 4.26. The van der Waals surface area contributed by atoms with Gasteiger partial charge in [-0.2, -0.15) is 0 Å². The predicted molar refractivity (Wildman–Crippen MR) is 90.1 cm³/mol. The standard InChI is InChI=1S/C18H21FN4O/c19-15-9-5-4-6-13(15)12-20-17-11-10-16(22-23-17)18(24)21-14-7-2-1-3-8-14/h4-6,9-11,14H,1-3,7-8,12H2,(H,20,23)(H,21,24). The van der Waals surface area contributed by atoms with Gasteiger partial charge >= 0.3 is 0 Å². The molecular formula is C18H21FN4O. The van der Waals surface area contributed by atoms with Crippen LogP contribution in [0.5, 0.6) is 0 Å². The zero-order chi connectivity index (χ0) is 16.8. The van der Waals surface area contributed by atoms with Crippen LogP contribution in [0.4, 0.5) is 10.2 Å². The zero-order valence-electron chi connectivity index (χ0n) is 13.5. The molecule has 1 aromatic heterocycles. The molecule has 1 aliphatic carbocycles. The maximum Gasteiger partial charge on any atom is 0.272 e. The smallest absolute Gasteiger partial charge is 0.272 e. The number of anilines is 1. The van der Waals surface area contributed by atoms with E-state index in [-0.39, 0.29) is 17.8 Å². The van der Waals surface area contributed by atoms with Crippen molar-refractivity contribution in [1.29, 1.82) is 0 Å². The van der Waals surface area contributed by atoms with Crippen LogP contribution in [0.2, 0.25) is 0 Å². The summed E-state index contributed by atoms with van der Waals surface area (Å²) in [6, 6.07) is 10.1. The van der Waals surface area contributed by atoms with Gasteiger partial charge < -0.3 is 10.6 Å². The minimum Gasteiger partial charge on any atom is -0.364 e. The molecule has 1 fully saturated rings. The highest BCUT2D eigenvalue weighted by Crippen LogP contribution is 2.17. The summed E-state index contributed by atoms with van der Waals surface area (Å²) in [5, 5.41) is 14.0. The molecule has 6 heteroatoms. The Morgan fingerprint density at radius 3 is 2.58 bits per heavy atom. The molecule has 126 valence electrons. The van der Waals surface area contributed by atoms with Crippen molar-refractivity contribution >= 4 is 11.7 Å². The summed E-state index contributed by atoms with van der Waals surface area (Å²) in [7, 11) is 0. The fraction of sp³-hybridized carbons (Fsp3) is 0.389. The van der Waals surface area contributed by atoms with Crippen molar-refractivity contribution in [2.24, 2.45) is 0 Å². The number of benzene rings is 1. The molecular weight excluding hydrogens is 307 g/mol. The third kappa shape index (κ3) is 4.28. The first kappa shape index (κ1) is 16.4. The van der Waals surface area contributed by atoms with Gasteiger partial charge in [0.1, 0.15) is 11.6 Å². The van der Waals surface area contributed by atoms with E-state index < -0.39 is 0 Å². The van der Waals surface area contributed by atoms with Crippen molar-refractivity contribution in [3.05, 3.63) is 53.5 Å². The molecule has 1 aromatic carbocycles. The Kier molecular flexibility index (Phi) is 5.36. The minimum atomic E-state index is -0.263. The molecule has 1 heterocycles. The van der Waals surface area contributed by atoms with E-state index in [9.17, 15) is 9.18 Å². The van der Waals surface area contributed by atoms with Crippen molar-refractivity contribution in [2.75, 3.05) is 5.32 Å². The van der Waals surface area contributed by atoms with Crippen LogP contribution >= 0.6 is 0 Å². The molecule has 0 atom stereocenters. The number of carbonyl (C=O) groups excluding carboxylic acids is 1. The van der Waals surface area contributed by atoms with Gasteiger partial charge in [-0.1, -0.05) is 37.5 Å². The summed E-state index contributed by atoms with van der Waals surface area (Å²) in [5.74, 6) is 0.0592. The van der Waals surface area contributed by atoms with Gasteiger partial charge in [-0.15, -0.1) is 10.2 Å². The van der Waals surface area contributed by atoms with Gasteiger partial charge in [-0.3, -0.25) is 4.79 Å². The summed E-state index contributed by atoms with van der Waals surface area (Å²) in [4.78, 5) is 12.2. The first-order valence-electron chi connectivity index (χ1n) is 8.34. The molecule has 0 aliphatic heterocycles. The maximum absolute atomic E-state index is 13.6. The normalized spacial score (nSPS) is 15.0. The molecule has 0 radical (unpaired) electrons. The number of aromatic nitrogens is 2. The maximum atomic E-state index is 13.6. The van der Waals surface area contributed by atoms with Crippen LogP contribution in [0.1, 0.15) is 48.2 Å². The van der Waals surface area contributed by atoms with Crippen molar-refractivity contribution in [1.82, 2.24) is 15.5 Å². The fourth-order valence-electron chi connectivity index (χ4n) is 2.88. The van der Waals surface area contributed by atoms with Gasteiger partial charge in [-0.25, -0.2) is 4.39 Å². The van der Waals surface area contributed by atoms with Crippen LogP contribution in [0.25, 0.3) is 0 Å². The van der Waals surface area contributed by atoms with Crippen LogP contribution < -0.4 is 10.6 Å². The molecule has 1 saturated carbocycles. The molecule has 1 aliphatic rings. The molecule has 0 unspecified atom stereocenters. The van der Waals surface area contributed by atoms with Gasteiger partial charge in [-0.05, 0) is 31.0 Å². The lowest BCUT2D eigenvalue weighted by Gasteiger charge is -2.22. The SMILES string of the molecule is O=C(NC1CCCCC1)c1ccc(NCc2ccccc2F)nn1. The molecule has 0 spiro atoms. The first-order chi connectivity index (χ1) is 11.7. The lowest BCUT2D eigenvalue weighted by Crippen LogP contribution is -2.36. The molecule has 2 aromatic rings. The first-order valence-corrected chi connectivity index (χ1v) is 8.34. The average molecular weight is 328 g/mol. The highest BCUT2D eigenvalue weighted by atomic mass is 19.1. The number of amides is 1. The van der Waals surface area contributed by atoms with E-state index in [0.717, 1.165) is 25.7 Å². The number of halogens is 1. The van der Waals surface area contributed by atoms with Crippen molar-refractivity contribution in [3.63, 3.8) is 0 Å². The Morgan fingerprint density at radius 2 is 1.88 bits per heavy atom. The van der Waals surface area contributed by atoms with Gasteiger partial charge in [0.2, 0.25) is 0 Å². The van der Waals surface area contributed by atoms with Crippen LogP contribution in [0, 0.1) is 5.82 Å². The zero-order valence-corrected chi connectivity index (χ0v) is 13.5. The fourth-order valence-corrected chi connectivity index (χ4v) is 2.88. The number of hydrogen-bond donors (Lipinski definition) is 2. The topological polar surface area (TPSA) is 66.9 Å². The monoisotopic (exact) mass is 328 g/mol. The van der Waals surface area contributed by atoms with Crippen LogP contribution in [0.3, 0.4) is 0 Å². The molecule has 24 heavy (non-hydrogen) atoms. The number of rotatable bonds is 5. The van der Waals surface area contributed by atoms with E-state index in [1.807, 2.05) is 0 Å². The van der Waals surface area contributed by atoms with Crippen LogP contribution in [-0.2, 0) is 6.54 Å². The highest BCUT2D eigenvalue weighted by molar-refractivity contribution is 5.92. The van der Waals surface area contributed by atoms with Crippen LogP contribution in [-0.4, -0.2) is 22.1 Å². The second-order valence-corrected chi connectivity index (χ2v) is 6.06. The molecule has 0 bridgehead atoms. The summed E-state index contributed by atoms with van der Waals surface area (Å²) in [6.45, 7) is 0.314. The largest absolute Gasteiger partial charge is 0.364 e. The van der Waals surface area contributed by atoms with Gasteiger partial charge in [0, 0.05) is 18.2 Å². The quantitative estimate of drug-likeness (QED) is 0.884. The molecule has 2 N–H and O–H groups in total. The van der Waals surface area contributed by atoms with Gasteiger partial charge in [0.15, 0.2) is 5.69 Å². The summed E-state index contributed by atoms with van der Waals surface area (Å²) >= 11 is 0. The lowest BCUT2D eigenvalue weighted by molar-refractivity contribution is 0.0921. The second kappa shape index (κ2) is 7.86. The van der Waals surface area contributed by atoms with Gasteiger partial charge in [0.25, 0.3) is 5.91 Å². The van der Waals surface area contributed by atoms with E-state index in [1.165, 1.54) is 12.5 Å². The second-order valence-electron chi connectivity index (χ2n) is 6.06. The van der Waals surface area contributed by atoms with Crippen LogP contribution in [0.15, 0.2) is 36.4 Å². The van der Waals surface area contributed by atoms with Crippen molar-refractivity contribution < 1.29 is 9.18 Å². The van der Waals surface area contributed by atoms with E-state index in [0.29, 0.717) is 23.6 Å². The summed E-state index contributed by atoms with van der Waals surface area (Å²) in [5.41, 5.74) is 0.857. The Balaban J connectivity index is 1.54. The molecule has 0 saturated heterocycles. The summed E-state index contributed by atoms with van der Waals surface area (Å²) < 4.78 is 13.6. The highest BCUT2D eigenvalue weighted by Gasteiger charge is 2.17. The number of nitrogens with one attached hydrogen (secondary N) is 2. The molecule has 1 amide bonds. The Hall–Kier alpha value is -2.50. The number of hydrogen-bond acceptors (Lipinski definition) is 4. The average Bonchev–Trinajstić information content (AvgIpc) is 2.62. The molecule has 3 rings (SSSR count). The molecule has 5 nitrogen and oxygen atoms in total. The number of carbonyl (C=O) groups is 1. The third-order valence-corrected chi connectivity index (χ3v) is 4.26. The van der Waals surface area contributed by atoms with E-state index in [4.69, 9.17) is 0 Å². The van der Waals surface area contributed by atoms with E-state index in [2.05, 4.69) is 20.8 Å². The van der Waals surface area contributed by atoms with Crippen molar-refractivity contribution in [3.8, 4) is 0 Å². The Morgan fingerprint density at radius 1 is 1.08 bits per heavy atom. The summed E-state index contributed by atoms with van der Waals surface area (Å²) in [6.07, 6.45) is 5.63. The van der Waals surface area contributed by atoms with Crippen molar-refractivity contribution in [2.45, 2.75) is 44.7 Å². The predicted octanol–water partition coefficient (Wildman–Crippen LogP) is 3.29. The lowest BCUT2D eigenvalue weighted by atomic mass is 9.95.